The van der Waals surface area contributed by atoms with Crippen molar-refractivity contribution >= 4 is 30.5 Å². The van der Waals surface area contributed by atoms with Crippen LogP contribution in [-0.2, 0) is 0 Å². The molecule has 0 amide bonds. The zero-order chi connectivity index (χ0) is 15.4. The Morgan fingerprint density at radius 2 is 1.62 bits per heavy atom. The van der Waals surface area contributed by atoms with Crippen LogP contribution in [0.1, 0.15) is 44.7 Å². The summed E-state index contributed by atoms with van der Waals surface area (Å²) in [6.45, 7) is 11.3. The van der Waals surface area contributed by atoms with Crippen LogP contribution in [0.5, 0.6) is 0 Å². The lowest BCUT2D eigenvalue weighted by Gasteiger charge is -2.35. The van der Waals surface area contributed by atoms with E-state index >= 15 is 0 Å². The van der Waals surface area contributed by atoms with Crippen molar-refractivity contribution in [1.82, 2.24) is 10.2 Å². The van der Waals surface area contributed by atoms with Gasteiger partial charge in [-0.05, 0) is 43.9 Å². The van der Waals surface area contributed by atoms with Gasteiger partial charge < -0.3 is 10.2 Å². The molecule has 1 aliphatic carbocycles. The average Bonchev–Trinajstić information content (AvgIpc) is 3.40. The van der Waals surface area contributed by atoms with Gasteiger partial charge in [0.2, 0.25) is 0 Å². The maximum atomic E-state index is 3.48. The predicted octanol–water partition coefficient (Wildman–Crippen LogP) is 4.12. The molecular weight excluding hydrogens is 341 g/mol. The Morgan fingerprint density at radius 3 is 2.12 bits per heavy atom. The van der Waals surface area contributed by atoms with E-state index in [0.29, 0.717) is 6.04 Å². The lowest BCUT2D eigenvalue weighted by molar-refractivity contribution is 0.160. The second-order valence-corrected chi connectivity index (χ2v) is 6.74. The van der Waals surface area contributed by atoms with Gasteiger partial charge in [0.05, 0.1) is 0 Å². The summed E-state index contributed by atoms with van der Waals surface area (Å²) in [6.07, 6.45) is 4.24. The van der Waals surface area contributed by atoms with Crippen LogP contribution in [0.15, 0.2) is 24.3 Å². The maximum Gasteiger partial charge on any atom is 0.0366 e. The minimum atomic E-state index is 0. The van der Waals surface area contributed by atoms with Crippen LogP contribution in [0.4, 0.5) is 5.69 Å². The monoisotopic (exact) mass is 373 g/mol. The second kappa shape index (κ2) is 10.5. The molecule has 0 spiro atoms. The zero-order valence-electron chi connectivity index (χ0n) is 15.0. The van der Waals surface area contributed by atoms with E-state index in [-0.39, 0.29) is 24.8 Å². The molecule has 1 aromatic rings. The third-order valence-electron chi connectivity index (χ3n) is 5.25. The number of rotatable bonds is 7. The van der Waals surface area contributed by atoms with Crippen molar-refractivity contribution < 1.29 is 0 Å². The molecule has 1 heterocycles. The molecule has 138 valence electrons. The van der Waals surface area contributed by atoms with Crippen molar-refractivity contribution in [2.45, 2.75) is 39.2 Å². The van der Waals surface area contributed by atoms with Crippen molar-refractivity contribution in [2.75, 3.05) is 44.2 Å². The molecule has 1 aromatic carbocycles. The number of hydrogen-bond donors (Lipinski definition) is 1. The molecule has 0 unspecified atom stereocenters. The summed E-state index contributed by atoms with van der Waals surface area (Å²) < 4.78 is 0. The van der Waals surface area contributed by atoms with Crippen molar-refractivity contribution in [3.8, 4) is 0 Å². The third-order valence-corrected chi connectivity index (χ3v) is 5.25. The fourth-order valence-electron chi connectivity index (χ4n) is 3.66. The summed E-state index contributed by atoms with van der Waals surface area (Å²) in [6, 6.07) is 10.0. The number of nitrogens with one attached hydrogen (secondary N) is 1. The molecule has 24 heavy (non-hydrogen) atoms. The highest BCUT2D eigenvalue weighted by Gasteiger charge is 2.30. The van der Waals surface area contributed by atoms with E-state index in [1.54, 1.807) is 0 Å². The first-order valence-corrected chi connectivity index (χ1v) is 9.11. The largest absolute Gasteiger partial charge is 0.372 e. The molecular formula is C19H33Cl2N3. The smallest absolute Gasteiger partial charge is 0.0366 e. The molecule has 1 saturated carbocycles. The Balaban J connectivity index is 0.00000144. The van der Waals surface area contributed by atoms with Gasteiger partial charge in [-0.3, -0.25) is 4.90 Å². The standard InChI is InChI=1S/C19H31N3.2ClH/c1-3-21(4-2)18-9-7-17(8-10-18)19(15-16-5-6-16)22-13-11-20-12-14-22;;/h7-10,16,19-20H,3-6,11-15H2,1-2H3;2*1H/t19-;;/m1../s1. The van der Waals surface area contributed by atoms with Gasteiger partial charge in [0, 0.05) is 51.0 Å². The van der Waals surface area contributed by atoms with Gasteiger partial charge in [0.15, 0.2) is 0 Å². The number of piperazine rings is 1. The lowest BCUT2D eigenvalue weighted by atomic mass is 9.98. The zero-order valence-corrected chi connectivity index (χ0v) is 16.7. The number of benzene rings is 1. The highest BCUT2D eigenvalue weighted by atomic mass is 35.5. The Bertz CT molecular complexity index is 452. The normalized spacial score (nSPS) is 19.1. The molecule has 0 bridgehead atoms. The summed E-state index contributed by atoms with van der Waals surface area (Å²) >= 11 is 0. The van der Waals surface area contributed by atoms with Gasteiger partial charge in [-0.2, -0.15) is 0 Å². The predicted molar refractivity (Wildman–Crippen MR) is 109 cm³/mol. The first-order chi connectivity index (χ1) is 10.8. The van der Waals surface area contributed by atoms with Crippen LogP contribution >= 0.6 is 24.8 Å². The maximum absolute atomic E-state index is 3.48. The molecule has 0 aromatic heterocycles. The van der Waals surface area contributed by atoms with Crippen LogP contribution in [0, 0.1) is 5.92 Å². The van der Waals surface area contributed by atoms with Crippen LogP contribution in [-0.4, -0.2) is 44.2 Å². The fourth-order valence-corrected chi connectivity index (χ4v) is 3.66. The van der Waals surface area contributed by atoms with Crippen LogP contribution < -0.4 is 10.2 Å². The molecule has 5 heteroatoms. The summed E-state index contributed by atoms with van der Waals surface area (Å²) in [4.78, 5) is 5.12. The first-order valence-electron chi connectivity index (χ1n) is 9.11. The van der Waals surface area contributed by atoms with Gasteiger partial charge in [-0.25, -0.2) is 0 Å². The molecule has 3 nitrogen and oxygen atoms in total. The van der Waals surface area contributed by atoms with Crippen molar-refractivity contribution in [3.05, 3.63) is 29.8 Å². The Hall–Kier alpha value is -0.480. The average molecular weight is 374 g/mol. The molecule has 0 radical (unpaired) electrons. The quantitative estimate of drug-likeness (QED) is 0.775. The summed E-state index contributed by atoms with van der Waals surface area (Å²) in [5.74, 6) is 0.974. The minimum Gasteiger partial charge on any atom is -0.372 e. The van der Waals surface area contributed by atoms with Crippen molar-refractivity contribution in [2.24, 2.45) is 5.92 Å². The minimum absolute atomic E-state index is 0. The Kier molecular flexibility index (Phi) is 9.43. The van der Waals surface area contributed by atoms with E-state index < -0.39 is 0 Å². The van der Waals surface area contributed by atoms with Crippen molar-refractivity contribution in [1.29, 1.82) is 0 Å². The van der Waals surface area contributed by atoms with Crippen LogP contribution in [0.2, 0.25) is 0 Å². The first kappa shape index (κ1) is 21.6. The fraction of sp³-hybridized carbons (Fsp3) is 0.684. The molecule has 1 atom stereocenters. The lowest BCUT2D eigenvalue weighted by Crippen LogP contribution is -2.45. The van der Waals surface area contributed by atoms with Crippen LogP contribution in [0.3, 0.4) is 0 Å². The van der Waals surface area contributed by atoms with Gasteiger partial charge in [0.25, 0.3) is 0 Å². The third kappa shape index (κ3) is 5.52. The van der Waals surface area contributed by atoms with Gasteiger partial charge in [0.1, 0.15) is 0 Å². The molecule has 1 aliphatic heterocycles. The number of anilines is 1. The van der Waals surface area contributed by atoms with E-state index in [2.05, 4.69) is 53.2 Å². The summed E-state index contributed by atoms with van der Waals surface area (Å²) in [5, 5.41) is 3.48. The molecule has 3 rings (SSSR count). The van der Waals surface area contributed by atoms with E-state index in [9.17, 15) is 0 Å². The highest BCUT2D eigenvalue weighted by Crippen LogP contribution is 2.40. The SMILES string of the molecule is CCN(CC)c1ccc([C@@H](CC2CC2)N2CCNCC2)cc1.Cl.Cl. The second-order valence-electron chi connectivity index (χ2n) is 6.74. The molecule has 2 fully saturated rings. The van der Waals surface area contributed by atoms with E-state index in [4.69, 9.17) is 0 Å². The number of nitrogens with zero attached hydrogens (tertiary/aromatic N) is 2. The summed E-state index contributed by atoms with van der Waals surface area (Å²) in [7, 11) is 0. The topological polar surface area (TPSA) is 18.5 Å². The van der Waals surface area contributed by atoms with E-state index in [0.717, 1.165) is 32.1 Å². The van der Waals surface area contributed by atoms with Gasteiger partial charge in [-0.15, -0.1) is 24.8 Å². The Labute approximate surface area is 160 Å². The molecule has 2 aliphatic rings. The van der Waals surface area contributed by atoms with Gasteiger partial charge >= 0.3 is 0 Å². The van der Waals surface area contributed by atoms with E-state index in [1.807, 2.05) is 0 Å². The highest BCUT2D eigenvalue weighted by molar-refractivity contribution is 5.85. The van der Waals surface area contributed by atoms with E-state index in [1.165, 1.54) is 43.6 Å². The van der Waals surface area contributed by atoms with Gasteiger partial charge in [-0.1, -0.05) is 25.0 Å². The number of halogens is 2. The van der Waals surface area contributed by atoms with Crippen LogP contribution in [0.25, 0.3) is 0 Å². The summed E-state index contributed by atoms with van der Waals surface area (Å²) in [5.41, 5.74) is 2.88. The molecule has 1 N–H and O–H groups in total. The van der Waals surface area contributed by atoms with Crippen molar-refractivity contribution in [3.63, 3.8) is 0 Å². The Morgan fingerprint density at radius 1 is 1.04 bits per heavy atom. The molecule has 1 saturated heterocycles. The number of hydrogen-bond acceptors (Lipinski definition) is 3.